The van der Waals surface area contributed by atoms with Crippen LogP contribution in [0.25, 0.3) is 0 Å². The summed E-state index contributed by atoms with van der Waals surface area (Å²) in [5.41, 5.74) is 1.10. The number of ether oxygens (including phenoxy) is 1. The van der Waals surface area contributed by atoms with Gasteiger partial charge in [0.15, 0.2) is 11.6 Å². The molecule has 0 saturated heterocycles. The lowest BCUT2D eigenvalue weighted by Gasteiger charge is -2.37. The number of hydrogen-bond acceptors (Lipinski definition) is 4. The first-order valence-electron chi connectivity index (χ1n) is 8.74. The van der Waals surface area contributed by atoms with Crippen LogP contribution < -0.4 is 10.1 Å². The molecule has 1 unspecified atom stereocenters. The first kappa shape index (κ1) is 17.8. The van der Waals surface area contributed by atoms with Gasteiger partial charge in [0.05, 0.1) is 12.7 Å². The van der Waals surface area contributed by atoms with Crippen molar-refractivity contribution < 1.29 is 14.2 Å². The molecule has 1 atom stereocenters. The molecule has 1 fully saturated rings. The van der Waals surface area contributed by atoms with Gasteiger partial charge in [0.1, 0.15) is 0 Å². The Morgan fingerprint density at radius 2 is 2.08 bits per heavy atom. The monoisotopic (exact) mass is 344 g/mol. The van der Waals surface area contributed by atoms with Gasteiger partial charge >= 0.3 is 0 Å². The predicted molar refractivity (Wildman–Crippen MR) is 94.9 cm³/mol. The summed E-state index contributed by atoms with van der Waals surface area (Å²) in [6.45, 7) is 2.06. The van der Waals surface area contributed by atoms with Gasteiger partial charge in [-0.25, -0.2) is 4.39 Å². The highest BCUT2D eigenvalue weighted by atomic mass is 19.1. The van der Waals surface area contributed by atoms with Gasteiger partial charge in [-0.3, -0.25) is 4.98 Å². The molecule has 4 nitrogen and oxygen atoms in total. The van der Waals surface area contributed by atoms with Crippen LogP contribution in [0.1, 0.15) is 49.8 Å². The molecule has 0 bridgehead atoms. The third-order valence-electron chi connectivity index (χ3n) is 5.17. The Balaban J connectivity index is 1.60. The normalized spacial score (nSPS) is 24.7. The predicted octanol–water partition coefficient (Wildman–Crippen LogP) is 3.71. The van der Waals surface area contributed by atoms with Crippen molar-refractivity contribution in [2.45, 2.75) is 50.3 Å². The third kappa shape index (κ3) is 3.99. The SMILES string of the molecule is COc1cc(C(C)NC2CCC(O)(c3cccnc3)CC2)ccc1F. The van der Waals surface area contributed by atoms with E-state index in [4.69, 9.17) is 4.74 Å². The topological polar surface area (TPSA) is 54.4 Å². The van der Waals surface area contributed by atoms with Gasteiger partial charge < -0.3 is 15.2 Å². The van der Waals surface area contributed by atoms with E-state index in [0.717, 1.165) is 24.0 Å². The Hall–Kier alpha value is -1.98. The molecule has 1 aliphatic carbocycles. The highest BCUT2D eigenvalue weighted by Crippen LogP contribution is 2.37. The molecule has 25 heavy (non-hydrogen) atoms. The molecule has 2 N–H and O–H groups in total. The molecular formula is C20H25FN2O2. The van der Waals surface area contributed by atoms with Crippen molar-refractivity contribution in [3.05, 3.63) is 59.7 Å². The minimum absolute atomic E-state index is 0.0871. The van der Waals surface area contributed by atoms with E-state index < -0.39 is 5.60 Å². The van der Waals surface area contributed by atoms with E-state index >= 15 is 0 Å². The number of aromatic nitrogens is 1. The Labute approximate surface area is 148 Å². The Morgan fingerprint density at radius 1 is 1.32 bits per heavy atom. The average molecular weight is 344 g/mol. The summed E-state index contributed by atoms with van der Waals surface area (Å²) in [4.78, 5) is 4.12. The van der Waals surface area contributed by atoms with Crippen molar-refractivity contribution in [1.82, 2.24) is 10.3 Å². The molecule has 1 aromatic carbocycles. The molecule has 1 heterocycles. The standard InChI is InChI=1S/C20H25FN2O2/c1-14(15-5-6-18(21)19(12-15)25-2)23-17-7-9-20(24,10-8-17)16-4-3-11-22-13-16/h3-6,11-14,17,23-24H,7-10H2,1-2H3. The second-order valence-electron chi connectivity index (χ2n) is 6.83. The Bertz CT molecular complexity index is 700. The first-order valence-corrected chi connectivity index (χ1v) is 8.74. The van der Waals surface area contributed by atoms with Gasteiger partial charge in [-0.15, -0.1) is 0 Å². The minimum Gasteiger partial charge on any atom is -0.494 e. The average Bonchev–Trinajstić information content (AvgIpc) is 2.65. The van der Waals surface area contributed by atoms with Crippen LogP contribution in [0.3, 0.4) is 0 Å². The van der Waals surface area contributed by atoms with Crippen molar-refractivity contribution in [3.8, 4) is 5.75 Å². The largest absolute Gasteiger partial charge is 0.494 e. The fraction of sp³-hybridized carbons (Fsp3) is 0.450. The van der Waals surface area contributed by atoms with Crippen molar-refractivity contribution in [2.75, 3.05) is 7.11 Å². The molecule has 1 aliphatic rings. The summed E-state index contributed by atoms with van der Waals surface area (Å²) in [5, 5.41) is 14.5. The summed E-state index contributed by atoms with van der Waals surface area (Å²) in [6, 6.07) is 9.17. The van der Waals surface area contributed by atoms with E-state index in [0.29, 0.717) is 18.9 Å². The molecule has 1 saturated carbocycles. The summed E-state index contributed by atoms with van der Waals surface area (Å²) in [6.07, 6.45) is 6.65. The zero-order valence-electron chi connectivity index (χ0n) is 14.7. The second kappa shape index (κ2) is 7.50. The van der Waals surface area contributed by atoms with Crippen molar-refractivity contribution in [1.29, 1.82) is 0 Å². The second-order valence-corrected chi connectivity index (χ2v) is 6.83. The summed E-state index contributed by atoms with van der Waals surface area (Å²) in [5.74, 6) is -0.0848. The lowest BCUT2D eigenvalue weighted by molar-refractivity contribution is -0.00950. The molecule has 3 rings (SSSR count). The summed E-state index contributed by atoms with van der Waals surface area (Å²) < 4.78 is 18.6. The van der Waals surface area contributed by atoms with Crippen LogP contribution in [0.2, 0.25) is 0 Å². The first-order chi connectivity index (χ1) is 12.0. The molecule has 1 aromatic heterocycles. The smallest absolute Gasteiger partial charge is 0.165 e. The maximum Gasteiger partial charge on any atom is 0.165 e. The Kier molecular flexibility index (Phi) is 5.35. The molecule has 0 amide bonds. The maximum atomic E-state index is 13.6. The van der Waals surface area contributed by atoms with E-state index in [-0.39, 0.29) is 17.6 Å². The Morgan fingerprint density at radius 3 is 2.72 bits per heavy atom. The van der Waals surface area contributed by atoms with Crippen LogP contribution >= 0.6 is 0 Å². The van der Waals surface area contributed by atoms with E-state index in [1.807, 2.05) is 12.1 Å². The quantitative estimate of drug-likeness (QED) is 0.868. The zero-order chi connectivity index (χ0) is 17.9. The number of nitrogens with one attached hydrogen (secondary N) is 1. The number of pyridine rings is 1. The van der Waals surface area contributed by atoms with Crippen LogP contribution in [0, 0.1) is 5.82 Å². The van der Waals surface area contributed by atoms with Crippen molar-refractivity contribution >= 4 is 0 Å². The molecule has 134 valence electrons. The number of rotatable bonds is 5. The number of nitrogens with zero attached hydrogens (tertiary/aromatic N) is 1. The molecule has 0 spiro atoms. The highest BCUT2D eigenvalue weighted by Gasteiger charge is 2.35. The number of halogens is 1. The van der Waals surface area contributed by atoms with Crippen LogP contribution in [0.4, 0.5) is 4.39 Å². The van der Waals surface area contributed by atoms with Crippen LogP contribution in [0.5, 0.6) is 5.75 Å². The molecule has 5 heteroatoms. The van der Waals surface area contributed by atoms with Gasteiger partial charge in [-0.2, -0.15) is 0 Å². The van der Waals surface area contributed by atoms with Gasteiger partial charge in [0, 0.05) is 30.0 Å². The minimum atomic E-state index is -0.783. The lowest BCUT2D eigenvalue weighted by Crippen LogP contribution is -2.40. The van der Waals surface area contributed by atoms with E-state index in [9.17, 15) is 9.50 Å². The van der Waals surface area contributed by atoms with Gasteiger partial charge in [-0.05, 0) is 56.4 Å². The molecule has 0 radical (unpaired) electrons. The van der Waals surface area contributed by atoms with Crippen molar-refractivity contribution in [3.63, 3.8) is 0 Å². The van der Waals surface area contributed by atoms with Crippen LogP contribution in [-0.4, -0.2) is 23.2 Å². The third-order valence-corrected chi connectivity index (χ3v) is 5.17. The van der Waals surface area contributed by atoms with E-state index in [1.165, 1.54) is 13.2 Å². The number of methoxy groups -OCH3 is 1. The number of hydrogen-bond donors (Lipinski definition) is 2. The van der Waals surface area contributed by atoms with Gasteiger partial charge in [0.25, 0.3) is 0 Å². The molecule has 0 aliphatic heterocycles. The number of benzene rings is 1. The van der Waals surface area contributed by atoms with Crippen molar-refractivity contribution in [2.24, 2.45) is 0 Å². The van der Waals surface area contributed by atoms with Crippen LogP contribution in [0.15, 0.2) is 42.7 Å². The van der Waals surface area contributed by atoms with E-state index in [2.05, 4.69) is 17.2 Å². The summed E-state index contributed by atoms with van der Waals surface area (Å²) >= 11 is 0. The summed E-state index contributed by atoms with van der Waals surface area (Å²) in [7, 11) is 1.47. The lowest BCUT2D eigenvalue weighted by atomic mass is 9.78. The number of aliphatic hydroxyl groups is 1. The zero-order valence-corrected chi connectivity index (χ0v) is 14.7. The molecular weight excluding hydrogens is 319 g/mol. The highest BCUT2D eigenvalue weighted by molar-refractivity contribution is 5.32. The van der Waals surface area contributed by atoms with Crippen LogP contribution in [-0.2, 0) is 5.60 Å². The fourth-order valence-corrected chi connectivity index (χ4v) is 3.58. The molecule has 2 aromatic rings. The van der Waals surface area contributed by atoms with E-state index in [1.54, 1.807) is 24.5 Å². The fourth-order valence-electron chi connectivity index (χ4n) is 3.58. The van der Waals surface area contributed by atoms with Gasteiger partial charge in [-0.1, -0.05) is 12.1 Å². The maximum absolute atomic E-state index is 13.6. The van der Waals surface area contributed by atoms with Gasteiger partial charge in [0.2, 0.25) is 0 Å².